The Morgan fingerprint density at radius 1 is 0.538 bits per heavy atom. The predicted octanol–water partition coefficient (Wildman–Crippen LogP) is -0.949. The van der Waals surface area contributed by atoms with Gasteiger partial charge < -0.3 is 124 Å². The minimum absolute atomic E-state index is 0.00260. The molecule has 5 aliphatic heterocycles. The van der Waals surface area contributed by atoms with Crippen molar-refractivity contribution in [3.05, 3.63) is 11.6 Å². The zero-order valence-corrected chi connectivity index (χ0v) is 53.9. The van der Waals surface area contributed by atoms with Crippen LogP contribution in [0.1, 0.15) is 140 Å². The fraction of sp³-hybridized carbons (Fsp3) is 0.938. The Labute approximate surface area is 531 Å². The topological polar surface area (TPSA) is 419 Å². The highest BCUT2D eigenvalue weighted by Crippen LogP contribution is 2.76. The van der Waals surface area contributed by atoms with Crippen molar-refractivity contribution in [3.63, 3.8) is 0 Å². The molecule has 35 atom stereocenters. The van der Waals surface area contributed by atoms with Crippen molar-refractivity contribution in [1.29, 1.82) is 0 Å². The molecular weight excluding hydrogens is 1200 g/mol. The molecular formula is C64H104O27. The summed E-state index contributed by atoms with van der Waals surface area (Å²) in [5.74, 6) is -1.45. The van der Waals surface area contributed by atoms with Crippen molar-refractivity contribution in [1.82, 2.24) is 0 Å². The maximum atomic E-state index is 15.3. The monoisotopic (exact) mass is 1300 g/mol. The Kier molecular flexibility index (Phi) is 21.4. The Morgan fingerprint density at radius 3 is 1.69 bits per heavy atom. The highest BCUT2D eigenvalue weighted by atomic mass is 16.8. The lowest BCUT2D eigenvalue weighted by Crippen LogP contribution is -2.68. The van der Waals surface area contributed by atoms with E-state index in [-0.39, 0.29) is 47.0 Å². The van der Waals surface area contributed by atoms with E-state index in [1.165, 1.54) is 19.4 Å². The van der Waals surface area contributed by atoms with E-state index in [0.717, 1.165) is 19.3 Å². The minimum Gasteiger partial charge on any atom is -0.464 e. The van der Waals surface area contributed by atoms with Gasteiger partial charge in [0, 0.05) is 0 Å². The molecule has 0 aromatic rings. The van der Waals surface area contributed by atoms with Crippen LogP contribution in [0.2, 0.25) is 0 Å². The third-order valence-corrected chi connectivity index (χ3v) is 24.5. The van der Waals surface area contributed by atoms with E-state index in [9.17, 15) is 76.3 Å². The molecule has 91 heavy (non-hydrogen) atoms. The van der Waals surface area contributed by atoms with Crippen LogP contribution in [0, 0.1) is 56.7 Å². The van der Waals surface area contributed by atoms with Crippen LogP contribution in [0.4, 0.5) is 0 Å². The Hall–Kier alpha value is -2.24. The van der Waals surface area contributed by atoms with Crippen LogP contribution < -0.4 is 0 Å². The lowest BCUT2D eigenvalue weighted by molar-refractivity contribution is -0.395. The third kappa shape index (κ3) is 12.2. The number of esters is 2. The summed E-state index contributed by atoms with van der Waals surface area (Å²) in [4.78, 5) is 29.0. The van der Waals surface area contributed by atoms with Crippen molar-refractivity contribution in [3.8, 4) is 0 Å². The molecule has 0 aromatic carbocycles. The number of aliphatic hydroxyl groups excluding tert-OH is 14. The fourth-order valence-corrected chi connectivity index (χ4v) is 18.5. The van der Waals surface area contributed by atoms with Gasteiger partial charge in [0.2, 0.25) is 6.29 Å². The number of hydrogen-bond donors (Lipinski definition) is 14. The highest BCUT2D eigenvalue weighted by Gasteiger charge is 2.71. The number of carbonyl (C=O) groups is 2. The Morgan fingerprint density at radius 2 is 1.09 bits per heavy atom. The van der Waals surface area contributed by atoms with Crippen LogP contribution in [0.3, 0.4) is 0 Å². The van der Waals surface area contributed by atoms with Crippen LogP contribution >= 0.6 is 0 Å². The first-order valence-electron chi connectivity index (χ1n) is 33.1. The van der Waals surface area contributed by atoms with E-state index in [2.05, 4.69) is 54.5 Å². The number of allylic oxidation sites excluding steroid dienone is 2. The summed E-state index contributed by atoms with van der Waals surface area (Å²) in [7, 11) is 0. The Balaban J connectivity index is 0.892. The van der Waals surface area contributed by atoms with E-state index < -0.39 is 201 Å². The largest absolute Gasteiger partial charge is 0.464 e. The number of carbonyl (C=O) groups excluding carboxylic acids is 2. The van der Waals surface area contributed by atoms with E-state index >= 15 is 4.79 Å². The zero-order valence-electron chi connectivity index (χ0n) is 53.9. The fourth-order valence-electron chi connectivity index (χ4n) is 18.5. The van der Waals surface area contributed by atoms with Crippen molar-refractivity contribution < 1.29 is 133 Å². The summed E-state index contributed by atoms with van der Waals surface area (Å²) in [5.41, 5.74) is -1.52. The second-order valence-corrected chi connectivity index (χ2v) is 29.7. The third-order valence-electron chi connectivity index (χ3n) is 24.5. The van der Waals surface area contributed by atoms with Crippen molar-refractivity contribution in [2.45, 2.75) is 299 Å². The normalized spacial score (nSPS) is 53.1. The Bertz CT molecular complexity index is 2540. The molecule has 0 spiro atoms. The quantitative estimate of drug-likeness (QED) is 0.0383. The molecule has 14 N–H and O–H groups in total. The van der Waals surface area contributed by atoms with Crippen LogP contribution in [-0.4, -0.2) is 263 Å². The molecule has 27 nitrogen and oxygen atoms in total. The zero-order chi connectivity index (χ0) is 66.5. The van der Waals surface area contributed by atoms with Crippen molar-refractivity contribution in [2.75, 3.05) is 19.8 Å². The van der Waals surface area contributed by atoms with Gasteiger partial charge in [0.15, 0.2) is 31.3 Å². The molecule has 0 bridgehead atoms. The standard InChI is InChI=1S/C64H104O27/c1-11-12-23-81-53(79)50-43(73)44(74)52(90-57-51(42(72)39(69)31(24-65)84-57)89-55-47(77)41(71)38(68)29(5)83-55)58(88-50)86-35-17-18-61(8)33(60(35,6)7)16-19-63(10)34(61)14-13-30-36-27(3)26(2)15-20-64(36,22-21-62(30,63)9)59(80)91-56-48(78)45(75)49(32(25-66)85-56)87-54-46(76)40(70)37(67)28(4)82-54/h13,26-29,31-52,54-58,65-78H,11-12,14-25H2,1-10H3/t26-,27+,28+,29+,31-,32-,33+,34-,35+,36+,37+,38+,39-,40-,41-,42+,43+,44+,45-,46-,47-,48-,49-,50+,51-,52-,54+,55+,56+,57+,58-,61+,62-,63-,64+/m1/s1. The molecule has 10 aliphatic rings. The summed E-state index contributed by atoms with van der Waals surface area (Å²) >= 11 is 0. The number of unbranched alkanes of at least 4 members (excludes halogenated alkanes) is 1. The minimum atomic E-state index is -1.97. The number of hydrogen-bond acceptors (Lipinski definition) is 27. The first-order chi connectivity index (χ1) is 42.8. The van der Waals surface area contributed by atoms with Gasteiger partial charge in [-0.25, -0.2) is 4.79 Å². The van der Waals surface area contributed by atoms with Gasteiger partial charge in [0.1, 0.15) is 104 Å². The van der Waals surface area contributed by atoms with Gasteiger partial charge in [0.05, 0.1) is 43.5 Å². The van der Waals surface area contributed by atoms with Gasteiger partial charge in [-0.2, -0.15) is 0 Å². The number of fused-ring (bicyclic) bond motifs is 7. The van der Waals surface area contributed by atoms with E-state index in [1.54, 1.807) is 0 Å². The van der Waals surface area contributed by atoms with Gasteiger partial charge >= 0.3 is 11.9 Å². The molecule has 5 aliphatic carbocycles. The van der Waals surface area contributed by atoms with Gasteiger partial charge in [-0.15, -0.1) is 0 Å². The van der Waals surface area contributed by atoms with E-state index in [0.29, 0.717) is 51.4 Å². The van der Waals surface area contributed by atoms with Gasteiger partial charge in [-0.05, 0) is 129 Å². The molecule has 522 valence electrons. The van der Waals surface area contributed by atoms with Crippen LogP contribution in [0.15, 0.2) is 11.6 Å². The summed E-state index contributed by atoms with van der Waals surface area (Å²) < 4.78 is 66.6. The van der Waals surface area contributed by atoms with Crippen molar-refractivity contribution in [2.24, 2.45) is 56.7 Å². The van der Waals surface area contributed by atoms with E-state index in [1.807, 2.05) is 6.92 Å². The van der Waals surface area contributed by atoms with Gasteiger partial charge in [-0.1, -0.05) is 73.5 Å². The lowest BCUT2D eigenvalue weighted by Gasteiger charge is -2.71. The molecule has 0 unspecified atom stereocenters. The highest BCUT2D eigenvalue weighted by molar-refractivity contribution is 5.79. The van der Waals surface area contributed by atoms with Gasteiger partial charge in [0.25, 0.3) is 0 Å². The summed E-state index contributed by atoms with van der Waals surface area (Å²) in [6.07, 6.45) is -33.0. The lowest BCUT2D eigenvalue weighted by atomic mass is 9.33. The average Bonchev–Trinajstić information content (AvgIpc) is 0.676. The van der Waals surface area contributed by atoms with E-state index in [4.69, 9.17) is 52.1 Å². The maximum Gasteiger partial charge on any atom is 0.338 e. The molecule has 0 amide bonds. The number of rotatable bonds is 16. The second kappa shape index (κ2) is 27.2. The number of aliphatic hydroxyl groups is 14. The van der Waals surface area contributed by atoms with Crippen LogP contribution in [0.5, 0.6) is 0 Å². The molecule has 9 fully saturated rings. The molecule has 5 saturated heterocycles. The van der Waals surface area contributed by atoms with Crippen LogP contribution in [0.25, 0.3) is 0 Å². The molecule has 27 heteroatoms. The van der Waals surface area contributed by atoms with Crippen LogP contribution in [-0.2, 0) is 61.7 Å². The molecule has 5 heterocycles. The SMILES string of the molecule is CCCCOC(=O)[C@H]1O[C@@H](O[C@H]2CC[C@]3(C)[C@H]4CC=C5[C@@H]6[C@@H](C)[C@H](C)CC[C@]6(C(=O)O[C@@H]6O[C@H](CO)[C@@H](O[C@@H]7O[C@@H](C)[C@H](O)[C@@H](O)[C@H]7O)[C@H](O)[C@H]6O)CC[C@@]5(C)[C@]4(C)CC[C@H]3C2(C)C)[C@H](O[C@@H]2O[C@H](CO)[C@@H](O)[C@H](O)[C@H]2O[C@@H]2O[C@@H](C)[C@H](O)[C@@H](O)[C@H]2O)[C@@H](O)[C@@H]1O. The first-order valence-corrected chi connectivity index (χ1v) is 33.1. The smallest absolute Gasteiger partial charge is 0.338 e. The molecule has 10 rings (SSSR count). The summed E-state index contributed by atoms with van der Waals surface area (Å²) in [5, 5.41) is 154. The maximum absolute atomic E-state index is 15.3. The number of ether oxygens (including phenoxy) is 11. The first kappa shape index (κ1) is 71.5. The average molecular weight is 1310 g/mol. The van der Waals surface area contributed by atoms with Gasteiger partial charge in [-0.3, -0.25) is 4.79 Å². The summed E-state index contributed by atoms with van der Waals surface area (Å²) in [6, 6.07) is 0. The van der Waals surface area contributed by atoms with Crippen molar-refractivity contribution >= 4 is 11.9 Å². The predicted molar refractivity (Wildman–Crippen MR) is 311 cm³/mol. The second-order valence-electron chi connectivity index (χ2n) is 29.7. The molecule has 0 aromatic heterocycles. The summed E-state index contributed by atoms with van der Waals surface area (Å²) in [6.45, 7) is 18.9. The molecule has 4 saturated carbocycles. The molecule has 0 radical (unpaired) electrons.